The number of aromatic nitrogens is 1. The molecule has 1 aliphatic rings. The summed E-state index contributed by atoms with van der Waals surface area (Å²) in [7, 11) is 0. The summed E-state index contributed by atoms with van der Waals surface area (Å²) < 4.78 is 0. The fourth-order valence-corrected chi connectivity index (χ4v) is 2.99. The Morgan fingerprint density at radius 1 is 1.33 bits per heavy atom. The summed E-state index contributed by atoms with van der Waals surface area (Å²) in [5, 5.41) is 1.66. The molecule has 0 amide bonds. The highest BCUT2D eigenvalue weighted by Gasteiger charge is 2.22. The molecule has 0 atom stereocenters. The molecule has 0 bridgehead atoms. The molecule has 1 aromatic heterocycles. The first-order valence-corrected chi connectivity index (χ1v) is 6.59. The van der Waals surface area contributed by atoms with Crippen LogP contribution in [0.5, 0.6) is 0 Å². The number of hydrogen-bond donors (Lipinski definition) is 0. The number of ketones is 1. The van der Waals surface area contributed by atoms with Crippen molar-refractivity contribution in [1.29, 1.82) is 0 Å². The predicted molar refractivity (Wildman–Crippen MR) is 73.5 cm³/mol. The molecule has 0 spiro atoms. The minimum Gasteiger partial charge on any atom is -0.294 e. The molecule has 0 aliphatic heterocycles. The summed E-state index contributed by atoms with van der Waals surface area (Å²) in [6.45, 7) is 3.60. The Morgan fingerprint density at radius 2 is 2.11 bits per heavy atom. The molecule has 1 aromatic carbocycles. The Bertz CT molecular complexity index is 676. The van der Waals surface area contributed by atoms with Crippen molar-refractivity contribution in [1.82, 2.24) is 4.98 Å². The maximum Gasteiger partial charge on any atom is 0.160 e. The van der Waals surface area contributed by atoms with Gasteiger partial charge in [0.1, 0.15) is 0 Å². The highest BCUT2D eigenvalue weighted by Crippen LogP contribution is 2.33. The van der Waals surface area contributed by atoms with Gasteiger partial charge in [-0.2, -0.15) is 0 Å². The maximum absolute atomic E-state index is 12.0. The summed E-state index contributed by atoms with van der Waals surface area (Å²) in [6.07, 6.45) is 3.03. The van der Waals surface area contributed by atoms with E-state index in [9.17, 15) is 4.79 Å². The van der Waals surface area contributed by atoms with Crippen LogP contribution in [-0.2, 0) is 12.8 Å². The monoisotopic (exact) mass is 259 g/mol. The van der Waals surface area contributed by atoms with Gasteiger partial charge < -0.3 is 0 Å². The Labute approximate surface area is 111 Å². The van der Waals surface area contributed by atoms with E-state index in [-0.39, 0.29) is 5.78 Å². The highest BCUT2D eigenvalue weighted by molar-refractivity contribution is 6.32. The van der Waals surface area contributed by atoms with Crippen LogP contribution in [-0.4, -0.2) is 10.8 Å². The van der Waals surface area contributed by atoms with Gasteiger partial charge in [-0.15, -0.1) is 0 Å². The number of nitrogens with zero attached hydrogens (tertiary/aromatic N) is 1. The van der Waals surface area contributed by atoms with E-state index in [1.165, 1.54) is 0 Å². The molecule has 2 nitrogen and oxygen atoms in total. The van der Waals surface area contributed by atoms with E-state index in [1.807, 2.05) is 19.1 Å². The van der Waals surface area contributed by atoms with Crippen molar-refractivity contribution in [3.05, 3.63) is 39.5 Å². The number of Topliss-reactive ketones (excluding diaryl/α,β-unsaturated/α-hetero) is 1. The lowest BCUT2D eigenvalue weighted by molar-refractivity contribution is 0.101. The summed E-state index contributed by atoms with van der Waals surface area (Å²) in [6, 6.07) is 3.78. The zero-order valence-corrected chi connectivity index (χ0v) is 11.3. The van der Waals surface area contributed by atoms with Gasteiger partial charge in [0.05, 0.1) is 5.52 Å². The zero-order chi connectivity index (χ0) is 12.9. The van der Waals surface area contributed by atoms with E-state index in [0.717, 1.165) is 52.5 Å². The van der Waals surface area contributed by atoms with Crippen LogP contribution in [0.2, 0.25) is 5.02 Å². The molecule has 1 aliphatic carbocycles. The lowest BCUT2D eigenvalue weighted by atomic mass is 9.97. The number of carbonyl (C=O) groups is 1. The lowest BCUT2D eigenvalue weighted by Crippen LogP contribution is -2.04. The van der Waals surface area contributed by atoms with Crippen LogP contribution < -0.4 is 0 Å². The first-order valence-electron chi connectivity index (χ1n) is 6.21. The van der Waals surface area contributed by atoms with Crippen molar-refractivity contribution in [3.8, 4) is 0 Å². The van der Waals surface area contributed by atoms with Crippen molar-refractivity contribution in [2.45, 2.75) is 33.1 Å². The van der Waals surface area contributed by atoms with Crippen molar-refractivity contribution in [3.63, 3.8) is 0 Å². The van der Waals surface area contributed by atoms with Crippen molar-refractivity contribution in [2.24, 2.45) is 0 Å². The first kappa shape index (κ1) is 11.7. The van der Waals surface area contributed by atoms with Crippen LogP contribution >= 0.6 is 11.6 Å². The van der Waals surface area contributed by atoms with Gasteiger partial charge in [0.2, 0.25) is 0 Å². The number of fused-ring (bicyclic) bond motifs is 2. The molecule has 0 saturated heterocycles. The molecule has 0 saturated carbocycles. The SMILES string of the molecule is CC(=O)c1c2c(nc3c(C)c(Cl)ccc13)CCC2. The third kappa shape index (κ3) is 1.56. The summed E-state index contributed by atoms with van der Waals surface area (Å²) in [4.78, 5) is 16.7. The average Bonchev–Trinajstić information content (AvgIpc) is 2.79. The van der Waals surface area contributed by atoms with Gasteiger partial charge in [-0.1, -0.05) is 17.7 Å². The zero-order valence-electron chi connectivity index (χ0n) is 10.5. The lowest BCUT2D eigenvalue weighted by Gasteiger charge is -2.12. The van der Waals surface area contributed by atoms with E-state index in [2.05, 4.69) is 0 Å². The first-order chi connectivity index (χ1) is 8.59. The van der Waals surface area contributed by atoms with Crippen LogP contribution in [0.1, 0.15) is 40.5 Å². The van der Waals surface area contributed by atoms with Gasteiger partial charge in [-0.3, -0.25) is 9.78 Å². The Morgan fingerprint density at radius 3 is 2.83 bits per heavy atom. The molecule has 92 valence electrons. The number of benzene rings is 1. The van der Waals surface area contributed by atoms with Crippen molar-refractivity contribution < 1.29 is 4.79 Å². The fourth-order valence-electron chi connectivity index (χ4n) is 2.84. The quantitative estimate of drug-likeness (QED) is 0.728. The molecule has 2 aromatic rings. The van der Waals surface area contributed by atoms with E-state index in [1.54, 1.807) is 6.92 Å². The molecule has 18 heavy (non-hydrogen) atoms. The third-order valence-electron chi connectivity index (χ3n) is 3.72. The Hall–Kier alpha value is -1.41. The van der Waals surface area contributed by atoms with Gasteiger partial charge in [0, 0.05) is 21.7 Å². The van der Waals surface area contributed by atoms with E-state index < -0.39 is 0 Å². The van der Waals surface area contributed by atoms with Crippen molar-refractivity contribution in [2.75, 3.05) is 0 Å². The second-order valence-corrected chi connectivity index (χ2v) is 5.30. The molecular weight excluding hydrogens is 246 g/mol. The third-order valence-corrected chi connectivity index (χ3v) is 4.13. The topological polar surface area (TPSA) is 30.0 Å². The largest absolute Gasteiger partial charge is 0.294 e. The fraction of sp³-hybridized carbons (Fsp3) is 0.333. The van der Waals surface area contributed by atoms with E-state index in [4.69, 9.17) is 16.6 Å². The van der Waals surface area contributed by atoms with Gasteiger partial charge in [-0.05, 0) is 50.3 Å². The molecular formula is C15H14ClNO. The normalized spacial score (nSPS) is 13.9. The van der Waals surface area contributed by atoms with Crippen molar-refractivity contribution >= 4 is 28.3 Å². The van der Waals surface area contributed by atoms with E-state index in [0.29, 0.717) is 5.02 Å². The molecule has 3 rings (SSSR count). The Kier molecular flexibility index (Phi) is 2.63. The van der Waals surface area contributed by atoms with Crippen LogP contribution in [0.25, 0.3) is 10.9 Å². The summed E-state index contributed by atoms with van der Waals surface area (Å²) >= 11 is 6.15. The van der Waals surface area contributed by atoms with Gasteiger partial charge in [-0.25, -0.2) is 0 Å². The predicted octanol–water partition coefficient (Wildman–Crippen LogP) is 3.89. The number of hydrogen-bond acceptors (Lipinski definition) is 2. The molecule has 0 unspecified atom stereocenters. The number of aryl methyl sites for hydroxylation is 2. The second kappa shape index (κ2) is 4.06. The standard InChI is InChI=1S/C15H14ClNO/c1-8-12(16)7-6-11-14(9(2)18)10-4-3-5-13(10)17-15(8)11/h6-7H,3-5H2,1-2H3. The average molecular weight is 260 g/mol. The highest BCUT2D eigenvalue weighted by atomic mass is 35.5. The smallest absolute Gasteiger partial charge is 0.160 e. The Balaban J connectivity index is 2.49. The van der Waals surface area contributed by atoms with E-state index >= 15 is 0 Å². The minimum absolute atomic E-state index is 0.127. The summed E-state index contributed by atoms with van der Waals surface area (Å²) in [5.41, 5.74) is 4.93. The van der Waals surface area contributed by atoms with Crippen LogP contribution in [0, 0.1) is 6.92 Å². The van der Waals surface area contributed by atoms with Gasteiger partial charge in [0.15, 0.2) is 5.78 Å². The number of pyridine rings is 1. The molecule has 1 heterocycles. The number of rotatable bonds is 1. The van der Waals surface area contributed by atoms with Gasteiger partial charge in [0.25, 0.3) is 0 Å². The molecule has 0 radical (unpaired) electrons. The van der Waals surface area contributed by atoms with Gasteiger partial charge >= 0.3 is 0 Å². The number of carbonyl (C=O) groups excluding carboxylic acids is 1. The van der Waals surface area contributed by atoms with Crippen LogP contribution in [0.15, 0.2) is 12.1 Å². The summed E-state index contributed by atoms with van der Waals surface area (Å²) in [5.74, 6) is 0.127. The molecule has 0 fully saturated rings. The second-order valence-electron chi connectivity index (χ2n) is 4.89. The molecule has 0 N–H and O–H groups in total. The molecule has 3 heteroatoms. The maximum atomic E-state index is 12.0. The van der Waals surface area contributed by atoms with Crippen LogP contribution in [0.4, 0.5) is 0 Å². The minimum atomic E-state index is 0.127. The van der Waals surface area contributed by atoms with Crippen LogP contribution in [0.3, 0.4) is 0 Å². The number of halogens is 1.